The number of likely N-dealkylation sites (tertiary alicyclic amines) is 1. The molecule has 0 aromatic heterocycles. The fraction of sp³-hybridized carbons (Fsp3) is 0.500. The summed E-state index contributed by atoms with van der Waals surface area (Å²) in [6, 6.07) is 9.89. The molecule has 0 spiro atoms. The van der Waals surface area contributed by atoms with E-state index < -0.39 is 0 Å². The lowest BCUT2D eigenvalue weighted by Crippen LogP contribution is -3.18. The lowest BCUT2D eigenvalue weighted by Gasteiger charge is -2.27. The number of hydrogen-bond donors (Lipinski definition) is 1. The third-order valence-corrected chi connectivity index (χ3v) is 5.32. The molecule has 2 aliphatic rings. The van der Waals surface area contributed by atoms with Crippen LogP contribution < -0.4 is 4.90 Å². The van der Waals surface area contributed by atoms with Crippen molar-refractivity contribution in [1.29, 1.82) is 0 Å². The van der Waals surface area contributed by atoms with E-state index in [1.54, 1.807) is 0 Å². The van der Waals surface area contributed by atoms with Crippen LogP contribution in [0.25, 0.3) is 0 Å². The average Bonchev–Trinajstić information content (AvgIpc) is 2.82. The van der Waals surface area contributed by atoms with Crippen LogP contribution in [0.4, 0.5) is 0 Å². The van der Waals surface area contributed by atoms with E-state index in [4.69, 9.17) is 0 Å². The first-order valence-electron chi connectivity index (χ1n) is 7.56. The van der Waals surface area contributed by atoms with Crippen LogP contribution in [0.2, 0.25) is 0 Å². The summed E-state index contributed by atoms with van der Waals surface area (Å²) >= 11 is 1.94. The van der Waals surface area contributed by atoms with Crippen molar-refractivity contribution in [2.75, 3.05) is 31.1 Å². The summed E-state index contributed by atoms with van der Waals surface area (Å²) in [5.41, 5.74) is 1.17. The largest absolute Gasteiger partial charge is 0.323 e. The molecular formula is C16H21N2O2S+. The Kier molecular flexibility index (Phi) is 4.60. The Hall–Kier alpha value is -1.33. The van der Waals surface area contributed by atoms with Crippen LogP contribution in [-0.2, 0) is 16.0 Å². The number of rotatable bonds is 4. The molecule has 0 saturated carbocycles. The Labute approximate surface area is 129 Å². The number of amides is 2. The molecule has 2 amide bonds. The minimum Gasteiger partial charge on any atom is -0.323 e. The molecule has 4 nitrogen and oxygen atoms in total. The number of hydrogen-bond acceptors (Lipinski definition) is 3. The van der Waals surface area contributed by atoms with Crippen molar-refractivity contribution in [2.45, 2.75) is 18.9 Å². The van der Waals surface area contributed by atoms with Crippen molar-refractivity contribution < 1.29 is 14.5 Å². The standard InChI is InChI=1S/C16H20N2O2S/c19-15-12-14(17-8-10-21-11-9-17)16(20)18(15)7-6-13-4-2-1-3-5-13/h1-5,14H,6-12H2/p+1/t14-/m0/s1. The number of carbonyl (C=O) groups excluding carboxylic acids is 2. The molecule has 1 aromatic rings. The van der Waals surface area contributed by atoms with E-state index >= 15 is 0 Å². The molecular weight excluding hydrogens is 284 g/mol. The van der Waals surface area contributed by atoms with Gasteiger partial charge in [-0.15, -0.1) is 0 Å². The number of imide groups is 1. The Morgan fingerprint density at radius 3 is 2.57 bits per heavy atom. The van der Waals surface area contributed by atoms with Gasteiger partial charge in [0.15, 0.2) is 6.04 Å². The summed E-state index contributed by atoms with van der Waals surface area (Å²) in [4.78, 5) is 27.4. The second kappa shape index (κ2) is 6.62. The zero-order valence-electron chi connectivity index (χ0n) is 12.1. The predicted molar refractivity (Wildman–Crippen MR) is 83.3 cm³/mol. The molecule has 2 aliphatic heterocycles. The zero-order chi connectivity index (χ0) is 14.7. The molecule has 2 saturated heterocycles. The molecule has 112 valence electrons. The summed E-state index contributed by atoms with van der Waals surface area (Å²) in [5, 5.41) is 0. The van der Waals surface area contributed by atoms with Crippen LogP contribution in [-0.4, -0.2) is 53.9 Å². The van der Waals surface area contributed by atoms with Gasteiger partial charge in [-0.25, -0.2) is 0 Å². The van der Waals surface area contributed by atoms with Crippen molar-refractivity contribution in [3.05, 3.63) is 35.9 Å². The number of thioether (sulfide) groups is 1. The Bertz CT molecular complexity index is 514. The monoisotopic (exact) mass is 305 g/mol. The van der Waals surface area contributed by atoms with Gasteiger partial charge in [0.1, 0.15) is 0 Å². The Morgan fingerprint density at radius 1 is 1.14 bits per heavy atom. The van der Waals surface area contributed by atoms with Crippen LogP contribution in [0.3, 0.4) is 0 Å². The molecule has 0 radical (unpaired) electrons. The average molecular weight is 305 g/mol. The second-order valence-corrected chi connectivity index (χ2v) is 6.87. The highest BCUT2D eigenvalue weighted by Gasteiger charge is 2.44. The number of nitrogens with one attached hydrogen (secondary N) is 1. The lowest BCUT2D eigenvalue weighted by atomic mass is 10.1. The van der Waals surface area contributed by atoms with Gasteiger partial charge in [-0.3, -0.25) is 14.5 Å². The van der Waals surface area contributed by atoms with E-state index in [-0.39, 0.29) is 17.9 Å². The van der Waals surface area contributed by atoms with Crippen LogP contribution in [0.1, 0.15) is 12.0 Å². The highest BCUT2D eigenvalue weighted by Crippen LogP contribution is 2.13. The first-order valence-corrected chi connectivity index (χ1v) is 8.71. The highest BCUT2D eigenvalue weighted by atomic mass is 32.2. The smallest absolute Gasteiger partial charge is 0.288 e. The molecule has 21 heavy (non-hydrogen) atoms. The summed E-state index contributed by atoms with van der Waals surface area (Å²) in [6.07, 6.45) is 1.14. The van der Waals surface area contributed by atoms with Crippen molar-refractivity contribution in [1.82, 2.24) is 4.90 Å². The third-order valence-electron chi connectivity index (χ3n) is 4.34. The fourth-order valence-corrected chi connectivity index (χ4v) is 4.12. The van der Waals surface area contributed by atoms with Gasteiger partial charge in [0.2, 0.25) is 5.91 Å². The van der Waals surface area contributed by atoms with Gasteiger partial charge >= 0.3 is 0 Å². The maximum Gasteiger partial charge on any atom is 0.288 e. The maximum atomic E-state index is 12.5. The Balaban J connectivity index is 1.61. The minimum absolute atomic E-state index is 0.00616. The molecule has 5 heteroatoms. The second-order valence-electron chi connectivity index (χ2n) is 5.65. The van der Waals surface area contributed by atoms with Gasteiger partial charge in [0.05, 0.1) is 19.5 Å². The lowest BCUT2D eigenvalue weighted by molar-refractivity contribution is -0.911. The molecule has 0 bridgehead atoms. The predicted octanol–water partition coefficient (Wildman–Crippen LogP) is -0.0117. The number of benzene rings is 1. The summed E-state index contributed by atoms with van der Waals surface area (Å²) < 4.78 is 0. The number of nitrogens with zero attached hydrogens (tertiary/aromatic N) is 1. The SMILES string of the molecule is O=C1C[C@H]([NH+]2CCSCC2)C(=O)N1CCc1ccccc1. The van der Waals surface area contributed by atoms with Gasteiger partial charge in [-0.2, -0.15) is 11.8 Å². The fourth-order valence-electron chi connectivity index (χ4n) is 3.10. The molecule has 2 fully saturated rings. The van der Waals surface area contributed by atoms with Gasteiger partial charge in [0.25, 0.3) is 5.91 Å². The molecule has 2 heterocycles. The van der Waals surface area contributed by atoms with Crippen LogP contribution in [0, 0.1) is 0 Å². The molecule has 1 aromatic carbocycles. The van der Waals surface area contributed by atoms with Crippen molar-refractivity contribution in [3.63, 3.8) is 0 Å². The van der Waals surface area contributed by atoms with E-state index in [2.05, 4.69) is 0 Å². The van der Waals surface area contributed by atoms with Gasteiger partial charge in [-0.1, -0.05) is 30.3 Å². The van der Waals surface area contributed by atoms with Crippen LogP contribution in [0.5, 0.6) is 0 Å². The van der Waals surface area contributed by atoms with E-state index in [1.165, 1.54) is 15.4 Å². The van der Waals surface area contributed by atoms with Crippen molar-refractivity contribution in [2.24, 2.45) is 0 Å². The molecule has 1 N–H and O–H groups in total. The number of carbonyl (C=O) groups is 2. The van der Waals surface area contributed by atoms with Gasteiger partial charge < -0.3 is 4.90 Å². The number of quaternary nitrogens is 1. The van der Waals surface area contributed by atoms with Crippen LogP contribution in [0.15, 0.2) is 30.3 Å². The van der Waals surface area contributed by atoms with Gasteiger partial charge in [-0.05, 0) is 12.0 Å². The zero-order valence-corrected chi connectivity index (χ0v) is 12.9. The van der Waals surface area contributed by atoms with Crippen molar-refractivity contribution >= 4 is 23.6 Å². The molecule has 0 aliphatic carbocycles. The first-order chi connectivity index (χ1) is 10.3. The molecule has 0 unspecified atom stereocenters. The van der Waals surface area contributed by atoms with Crippen molar-refractivity contribution in [3.8, 4) is 0 Å². The molecule has 1 atom stereocenters. The normalized spacial score (nSPS) is 23.8. The van der Waals surface area contributed by atoms with E-state index in [1.807, 2.05) is 42.1 Å². The van der Waals surface area contributed by atoms with E-state index in [0.717, 1.165) is 31.0 Å². The van der Waals surface area contributed by atoms with Gasteiger partial charge in [0, 0.05) is 18.1 Å². The minimum atomic E-state index is -0.130. The maximum absolute atomic E-state index is 12.5. The summed E-state index contributed by atoms with van der Waals surface area (Å²) in [5.74, 6) is 2.23. The molecule has 3 rings (SSSR count). The third kappa shape index (κ3) is 3.30. The topological polar surface area (TPSA) is 41.8 Å². The van der Waals surface area contributed by atoms with E-state index in [0.29, 0.717) is 13.0 Å². The summed E-state index contributed by atoms with van der Waals surface area (Å²) in [7, 11) is 0. The Morgan fingerprint density at radius 2 is 1.86 bits per heavy atom. The highest BCUT2D eigenvalue weighted by molar-refractivity contribution is 7.99. The van der Waals surface area contributed by atoms with Crippen LogP contribution >= 0.6 is 11.8 Å². The summed E-state index contributed by atoms with van der Waals surface area (Å²) in [6.45, 7) is 2.52. The van der Waals surface area contributed by atoms with E-state index in [9.17, 15) is 9.59 Å². The quantitative estimate of drug-likeness (QED) is 0.796. The first kappa shape index (κ1) is 14.6.